The third-order valence-corrected chi connectivity index (χ3v) is 5.63. The minimum atomic E-state index is -4.68. The fraction of sp³-hybridized carbons (Fsp3) is 0.455. The second kappa shape index (κ2) is 9.55. The molecule has 0 aliphatic carbocycles. The first kappa shape index (κ1) is 22.9. The summed E-state index contributed by atoms with van der Waals surface area (Å²) in [6.45, 7) is 6.14. The lowest BCUT2D eigenvalue weighted by Gasteiger charge is -2.42. The van der Waals surface area contributed by atoms with E-state index in [1.165, 1.54) is 12.1 Å². The zero-order valence-electron chi connectivity index (χ0n) is 17.7. The smallest absolute Gasteiger partial charge is 0.406 e. The molecule has 3 aromatic rings. The quantitative estimate of drug-likeness (QED) is 0.609. The summed E-state index contributed by atoms with van der Waals surface area (Å²) < 4.78 is 40.9. The number of fused-ring (bicyclic) bond motifs is 1. The minimum Gasteiger partial charge on any atom is -0.406 e. The summed E-state index contributed by atoms with van der Waals surface area (Å²) in [6, 6.07) is 8.04. The van der Waals surface area contributed by atoms with Crippen LogP contribution in [0.5, 0.6) is 5.75 Å². The van der Waals surface area contributed by atoms with Crippen molar-refractivity contribution in [3.8, 4) is 5.75 Å². The molecule has 2 aromatic heterocycles. The minimum absolute atomic E-state index is 0.0901. The summed E-state index contributed by atoms with van der Waals surface area (Å²) in [7, 11) is 0. The highest BCUT2D eigenvalue weighted by molar-refractivity contribution is 5.87. The van der Waals surface area contributed by atoms with Gasteiger partial charge < -0.3 is 20.4 Å². The van der Waals surface area contributed by atoms with Crippen molar-refractivity contribution in [3.63, 3.8) is 0 Å². The SMILES string of the molecule is CC.NCC1(Cc2ccc(OC(F)(F)F)cc2)CCN(c2ncnc3[nH]ccc23)CC1. The summed E-state index contributed by atoms with van der Waals surface area (Å²) in [4.78, 5) is 14.0. The summed E-state index contributed by atoms with van der Waals surface area (Å²) in [5.41, 5.74) is 7.81. The number of piperidine rings is 1. The topological polar surface area (TPSA) is 80.1 Å². The van der Waals surface area contributed by atoms with Gasteiger partial charge >= 0.3 is 6.36 Å². The van der Waals surface area contributed by atoms with Gasteiger partial charge in [0.1, 0.15) is 23.5 Å². The number of hydrogen-bond acceptors (Lipinski definition) is 5. The molecule has 1 aliphatic rings. The van der Waals surface area contributed by atoms with E-state index in [0.29, 0.717) is 13.0 Å². The number of alkyl halides is 3. The Balaban J connectivity index is 0.00000132. The van der Waals surface area contributed by atoms with E-state index in [2.05, 4.69) is 24.6 Å². The Morgan fingerprint density at radius 3 is 2.39 bits per heavy atom. The number of aromatic nitrogens is 3. The van der Waals surface area contributed by atoms with Crippen molar-refractivity contribution >= 4 is 16.9 Å². The van der Waals surface area contributed by atoms with Crippen molar-refractivity contribution in [1.29, 1.82) is 0 Å². The third kappa shape index (κ3) is 5.46. The van der Waals surface area contributed by atoms with Crippen LogP contribution in [0.25, 0.3) is 11.0 Å². The molecule has 3 heterocycles. The number of ether oxygens (including phenoxy) is 1. The van der Waals surface area contributed by atoms with Gasteiger partial charge in [0.25, 0.3) is 0 Å². The van der Waals surface area contributed by atoms with Crippen LogP contribution in [0.4, 0.5) is 19.0 Å². The van der Waals surface area contributed by atoms with Gasteiger partial charge in [-0.1, -0.05) is 26.0 Å². The lowest BCUT2D eigenvalue weighted by Crippen LogP contribution is -2.45. The van der Waals surface area contributed by atoms with E-state index in [0.717, 1.165) is 48.3 Å². The molecule has 6 nitrogen and oxygen atoms in total. The number of nitrogens with two attached hydrogens (primary N) is 1. The predicted molar refractivity (Wildman–Crippen MR) is 115 cm³/mol. The number of anilines is 1. The number of nitrogens with zero attached hydrogens (tertiary/aromatic N) is 3. The first-order chi connectivity index (χ1) is 14.9. The maximum absolute atomic E-state index is 12.3. The number of H-pyrrole nitrogens is 1. The maximum Gasteiger partial charge on any atom is 0.573 e. The van der Waals surface area contributed by atoms with E-state index in [1.807, 2.05) is 26.1 Å². The highest BCUT2D eigenvalue weighted by Crippen LogP contribution is 2.37. The Bertz CT molecular complexity index is 963. The molecule has 0 amide bonds. The van der Waals surface area contributed by atoms with E-state index in [1.54, 1.807) is 18.5 Å². The number of rotatable bonds is 5. The Labute approximate surface area is 179 Å². The van der Waals surface area contributed by atoms with Crippen LogP contribution in [0.15, 0.2) is 42.9 Å². The summed E-state index contributed by atoms with van der Waals surface area (Å²) in [5.74, 6) is 0.702. The molecule has 3 N–H and O–H groups in total. The van der Waals surface area contributed by atoms with Crippen LogP contribution in [0.2, 0.25) is 0 Å². The number of hydrogen-bond donors (Lipinski definition) is 2. The van der Waals surface area contributed by atoms with Gasteiger partial charge in [0.05, 0.1) is 5.39 Å². The van der Waals surface area contributed by atoms with Gasteiger partial charge in [-0.3, -0.25) is 0 Å². The summed E-state index contributed by atoms with van der Waals surface area (Å²) >= 11 is 0. The zero-order chi connectivity index (χ0) is 22.5. The lowest BCUT2D eigenvalue weighted by atomic mass is 9.74. The average molecular weight is 435 g/mol. The molecule has 4 rings (SSSR count). The molecule has 9 heteroatoms. The lowest BCUT2D eigenvalue weighted by molar-refractivity contribution is -0.274. The highest BCUT2D eigenvalue weighted by Gasteiger charge is 2.35. The Morgan fingerprint density at radius 2 is 1.77 bits per heavy atom. The molecule has 0 atom stereocenters. The van der Waals surface area contributed by atoms with E-state index in [-0.39, 0.29) is 11.2 Å². The molecule has 0 spiro atoms. The molecule has 168 valence electrons. The molecule has 0 radical (unpaired) electrons. The van der Waals surface area contributed by atoms with Gasteiger partial charge in [0.15, 0.2) is 0 Å². The molecule has 0 unspecified atom stereocenters. The average Bonchev–Trinajstić information content (AvgIpc) is 3.25. The maximum atomic E-state index is 12.3. The molecule has 1 aliphatic heterocycles. The fourth-order valence-electron chi connectivity index (χ4n) is 4.00. The van der Waals surface area contributed by atoms with Crippen LogP contribution in [-0.4, -0.2) is 40.9 Å². The molecular weight excluding hydrogens is 407 g/mol. The molecule has 1 fully saturated rings. The molecular formula is C22H28F3N5O. The van der Waals surface area contributed by atoms with Gasteiger partial charge in [-0.05, 0) is 55.0 Å². The largest absolute Gasteiger partial charge is 0.573 e. The Kier molecular flexibility index (Phi) is 7.04. The predicted octanol–water partition coefficient (Wildman–Crippen LogP) is 4.67. The Morgan fingerprint density at radius 1 is 1.10 bits per heavy atom. The third-order valence-electron chi connectivity index (χ3n) is 5.63. The van der Waals surface area contributed by atoms with Crippen LogP contribution in [0, 0.1) is 5.41 Å². The summed E-state index contributed by atoms with van der Waals surface area (Å²) in [6.07, 6.45) is 1.19. The van der Waals surface area contributed by atoms with Gasteiger partial charge in [-0.15, -0.1) is 13.2 Å². The van der Waals surface area contributed by atoms with Crippen molar-refractivity contribution < 1.29 is 17.9 Å². The number of halogens is 3. The van der Waals surface area contributed by atoms with E-state index < -0.39 is 6.36 Å². The molecule has 1 aromatic carbocycles. The van der Waals surface area contributed by atoms with Gasteiger partial charge in [0.2, 0.25) is 0 Å². The van der Waals surface area contributed by atoms with Crippen LogP contribution >= 0.6 is 0 Å². The number of aromatic amines is 1. The monoisotopic (exact) mass is 435 g/mol. The second-order valence-electron chi connectivity index (χ2n) is 7.50. The van der Waals surface area contributed by atoms with Crippen LogP contribution in [-0.2, 0) is 6.42 Å². The van der Waals surface area contributed by atoms with Crippen molar-refractivity contribution in [2.75, 3.05) is 24.5 Å². The fourth-order valence-corrected chi connectivity index (χ4v) is 4.00. The van der Waals surface area contributed by atoms with Gasteiger partial charge in [-0.2, -0.15) is 0 Å². The highest BCUT2D eigenvalue weighted by atomic mass is 19.4. The normalized spacial score (nSPS) is 16.0. The molecule has 1 saturated heterocycles. The van der Waals surface area contributed by atoms with Gasteiger partial charge in [-0.25, -0.2) is 9.97 Å². The number of benzene rings is 1. The summed E-state index contributed by atoms with van der Waals surface area (Å²) in [5, 5.41) is 0.994. The first-order valence-electron chi connectivity index (χ1n) is 10.5. The van der Waals surface area contributed by atoms with E-state index >= 15 is 0 Å². The first-order valence-corrected chi connectivity index (χ1v) is 10.5. The zero-order valence-corrected chi connectivity index (χ0v) is 17.7. The van der Waals surface area contributed by atoms with Crippen LogP contribution in [0.3, 0.4) is 0 Å². The number of nitrogens with one attached hydrogen (secondary N) is 1. The molecule has 31 heavy (non-hydrogen) atoms. The van der Waals surface area contributed by atoms with Gasteiger partial charge in [0, 0.05) is 19.3 Å². The molecule has 0 saturated carbocycles. The van der Waals surface area contributed by atoms with Crippen LogP contribution < -0.4 is 15.4 Å². The van der Waals surface area contributed by atoms with Crippen molar-refractivity contribution in [3.05, 3.63) is 48.4 Å². The van der Waals surface area contributed by atoms with E-state index in [4.69, 9.17) is 5.73 Å². The van der Waals surface area contributed by atoms with Crippen molar-refractivity contribution in [1.82, 2.24) is 15.0 Å². The van der Waals surface area contributed by atoms with Crippen molar-refractivity contribution in [2.24, 2.45) is 11.1 Å². The Hall–Kier alpha value is -2.81. The van der Waals surface area contributed by atoms with Crippen LogP contribution in [0.1, 0.15) is 32.3 Å². The standard InChI is InChI=1S/C20H22F3N5O.C2H6/c21-20(22,23)29-15-3-1-14(2-4-15)11-19(12-24)6-9-28(10-7-19)18-16-5-8-25-17(16)26-13-27-18;1-2/h1-5,8,13H,6-7,9-12,24H2,(H,25,26,27);1-2H3. The van der Waals surface area contributed by atoms with E-state index in [9.17, 15) is 13.2 Å². The molecule has 0 bridgehead atoms. The second-order valence-corrected chi connectivity index (χ2v) is 7.50. The van der Waals surface area contributed by atoms with Crippen molar-refractivity contribution in [2.45, 2.75) is 39.5 Å².